The number of nitrogens with one attached hydrogen (secondary N) is 1. The summed E-state index contributed by atoms with van der Waals surface area (Å²) < 4.78 is 0. The van der Waals surface area contributed by atoms with Gasteiger partial charge in [0.15, 0.2) is 0 Å². The second kappa shape index (κ2) is 4.14. The number of aryl methyl sites for hydroxylation is 1. The van der Waals surface area contributed by atoms with Gasteiger partial charge < -0.3 is 11.1 Å². The van der Waals surface area contributed by atoms with Crippen LogP contribution in [0, 0.1) is 13.3 Å². The topological polar surface area (TPSA) is 38.0 Å². The predicted molar refractivity (Wildman–Crippen MR) is 76.3 cm³/mol. The van der Waals surface area contributed by atoms with Crippen molar-refractivity contribution in [3.63, 3.8) is 0 Å². The summed E-state index contributed by atoms with van der Waals surface area (Å²) in [6.07, 6.45) is 2.23. The van der Waals surface area contributed by atoms with Crippen LogP contribution >= 0.6 is 0 Å². The van der Waals surface area contributed by atoms with Gasteiger partial charge in [0.05, 0.1) is 0 Å². The maximum absolute atomic E-state index is 5.89. The first kappa shape index (κ1) is 11.3. The number of fused-ring (bicyclic) bond motifs is 1. The van der Waals surface area contributed by atoms with Crippen LogP contribution in [0.25, 0.3) is 11.1 Å². The van der Waals surface area contributed by atoms with Crippen molar-refractivity contribution in [3.8, 4) is 11.1 Å². The third-order valence-corrected chi connectivity index (χ3v) is 3.45. The number of benzene rings is 2. The normalized spacial score (nSPS) is 12.3. The molecule has 0 atom stereocenters. The minimum absolute atomic E-state index is 0.819. The first-order valence-electron chi connectivity index (χ1n) is 6.22. The van der Waals surface area contributed by atoms with Gasteiger partial charge in [0.25, 0.3) is 0 Å². The highest BCUT2D eigenvalue weighted by atomic mass is 14.8. The van der Waals surface area contributed by atoms with E-state index in [0.717, 1.165) is 12.2 Å². The van der Waals surface area contributed by atoms with E-state index >= 15 is 0 Å². The summed E-state index contributed by atoms with van der Waals surface area (Å²) in [5, 5.41) is 3.22. The number of nitrogen functional groups attached to an aromatic ring is 1. The van der Waals surface area contributed by atoms with Gasteiger partial charge in [-0.1, -0.05) is 12.1 Å². The third-order valence-electron chi connectivity index (χ3n) is 3.45. The van der Waals surface area contributed by atoms with E-state index in [9.17, 15) is 0 Å². The van der Waals surface area contributed by atoms with Crippen LogP contribution in [0.2, 0.25) is 0 Å². The largest absolute Gasteiger partial charge is 0.399 e. The van der Waals surface area contributed by atoms with Crippen LogP contribution in [0.15, 0.2) is 30.3 Å². The van der Waals surface area contributed by atoms with Gasteiger partial charge in [0.1, 0.15) is 0 Å². The molecule has 0 bridgehead atoms. The van der Waals surface area contributed by atoms with E-state index in [0.29, 0.717) is 0 Å². The fourth-order valence-corrected chi connectivity index (χ4v) is 2.43. The predicted octanol–water partition coefficient (Wildman–Crippen LogP) is 2.88. The summed E-state index contributed by atoms with van der Waals surface area (Å²) in [4.78, 5) is 0. The molecular formula is C16H17N2. The van der Waals surface area contributed by atoms with Gasteiger partial charge in [-0.05, 0) is 65.6 Å². The fraction of sp³-hybridized carbons (Fsp3) is 0.188. The molecule has 2 aromatic rings. The maximum atomic E-state index is 5.89. The zero-order chi connectivity index (χ0) is 12.7. The lowest BCUT2D eigenvalue weighted by Crippen LogP contribution is -2.05. The zero-order valence-corrected chi connectivity index (χ0v) is 10.7. The molecule has 0 aliphatic heterocycles. The first-order chi connectivity index (χ1) is 8.69. The Morgan fingerprint density at radius 1 is 1.17 bits per heavy atom. The SMILES string of the molecule is CNCc1cc(-c2cc(N)ccc2C)cc2c1[CH]2. The van der Waals surface area contributed by atoms with Gasteiger partial charge in [-0.25, -0.2) is 0 Å². The summed E-state index contributed by atoms with van der Waals surface area (Å²) in [6.45, 7) is 3.04. The summed E-state index contributed by atoms with van der Waals surface area (Å²) >= 11 is 0. The van der Waals surface area contributed by atoms with Crippen molar-refractivity contribution in [1.82, 2.24) is 5.32 Å². The average molecular weight is 237 g/mol. The van der Waals surface area contributed by atoms with Crippen molar-refractivity contribution < 1.29 is 0 Å². The first-order valence-corrected chi connectivity index (χ1v) is 6.22. The van der Waals surface area contributed by atoms with Gasteiger partial charge in [0, 0.05) is 18.7 Å². The van der Waals surface area contributed by atoms with E-state index in [2.05, 4.69) is 42.9 Å². The summed E-state index contributed by atoms with van der Waals surface area (Å²) in [7, 11) is 1.98. The molecule has 0 heterocycles. The molecule has 0 aromatic heterocycles. The number of hydrogen-bond acceptors (Lipinski definition) is 2. The molecule has 0 spiro atoms. The molecule has 0 unspecified atom stereocenters. The minimum Gasteiger partial charge on any atom is -0.399 e. The molecule has 3 N–H and O–H groups in total. The summed E-state index contributed by atoms with van der Waals surface area (Å²) in [5.41, 5.74) is 14.6. The quantitative estimate of drug-likeness (QED) is 0.687. The molecule has 0 saturated carbocycles. The number of anilines is 1. The van der Waals surface area contributed by atoms with E-state index < -0.39 is 0 Å². The highest BCUT2D eigenvalue weighted by molar-refractivity contribution is 5.77. The van der Waals surface area contributed by atoms with Crippen LogP contribution in [-0.2, 0) is 6.54 Å². The molecular weight excluding hydrogens is 220 g/mol. The summed E-state index contributed by atoms with van der Waals surface area (Å²) in [5.74, 6) is 0. The molecule has 2 aromatic carbocycles. The highest BCUT2D eigenvalue weighted by Gasteiger charge is 2.22. The number of hydrogen-bond donors (Lipinski definition) is 2. The van der Waals surface area contributed by atoms with Crippen molar-refractivity contribution in [3.05, 3.63) is 59.0 Å². The van der Waals surface area contributed by atoms with Crippen LogP contribution < -0.4 is 11.1 Å². The molecule has 1 aliphatic rings. The second-order valence-electron chi connectivity index (χ2n) is 4.89. The van der Waals surface area contributed by atoms with E-state index in [4.69, 9.17) is 5.73 Å². The lowest BCUT2D eigenvalue weighted by Gasteiger charge is -2.09. The van der Waals surface area contributed by atoms with E-state index in [-0.39, 0.29) is 0 Å². The van der Waals surface area contributed by atoms with Crippen LogP contribution in [0.5, 0.6) is 0 Å². The Bertz CT molecular complexity index is 615. The Kier molecular flexibility index (Phi) is 2.60. The molecule has 18 heavy (non-hydrogen) atoms. The van der Waals surface area contributed by atoms with Crippen molar-refractivity contribution in [2.24, 2.45) is 0 Å². The Hall–Kier alpha value is -1.80. The molecule has 1 aliphatic carbocycles. The molecule has 0 amide bonds. The number of rotatable bonds is 3. The third kappa shape index (κ3) is 1.89. The Morgan fingerprint density at radius 2 is 2.00 bits per heavy atom. The minimum atomic E-state index is 0.819. The molecule has 0 saturated heterocycles. The lowest BCUT2D eigenvalue weighted by atomic mass is 9.98. The van der Waals surface area contributed by atoms with Gasteiger partial charge in [0.2, 0.25) is 0 Å². The monoisotopic (exact) mass is 237 g/mol. The van der Waals surface area contributed by atoms with Gasteiger partial charge in [-0.15, -0.1) is 0 Å². The maximum Gasteiger partial charge on any atom is 0.0320 e. The number of nitrogens with two attached hydrogens (primary N) is 1. The van der Waals surface area contributed by atoms with E-state index in [1.54, 1.807) is 0 Å². The Labute approximate surface area is 108 Å². The van der Waals surface area contributed by atoms with Gasteiger partial charge in [-0.3, -0.25) is 0 Å². The van der Waals surface area contributed by atoms with Crippen molar-refractivity contribution in [2.45, 2.75) is 13.5 Å². The Balaban J connectivity index is 2.10. The average Bonchev–Trinajstić information content (AvgIpc) is 3.12. The van der Waals surface area contributed by atoms with Crippen LogP contribution in [0.3, 0.4) is 0 Å². The van der Waals surface area contributed by atoms with Crippen LogP contribution in [0.4, 0.5) is 5.69 Å². The van der Waals surface area contributed by atoms with Crippen LogP contribution in [0.1, 0.15) is 22.3 Å². The Morgan fingerprint density at radius 3 is 2.78 bits per heavy atom. The second-order valence-corrected chi connectivity index (χ2v) is 4.89. The lowest BCUT2D eigenvalue weighted by molar-refractivity contribution is 0.818. The molecule has 2 heteroatoms. The molecule has 0 fully saturated rings. The molecule has 91 valence electrons. The van der Waals surface area contributed by atoms with Crippen LogP contribution in [-0.4, -0.2) is 7.05 Å². The van der Waals surface area contributed by atoms with Gasteiger partial charge in [-0.2, -0.15) is 0 Å². The highest BCUT2D eigenvalue weighted by Crippen LogP contribution is 2.39. The zero-order valence-electron chi connectivity index (χ0n) is 10.7. The van der Waals surface area contributed by atoms with Gasteiger partial charge >= 0.3 is 0 Å². The molecule has 1 radical (unpaired) electrons. The van der Waals surface area contributed by atoms with Crippen molar-refractivity contribution >= 4 is 5.69 Å². The standard InChI is InChI=1S/C16H17N2/c1-10-3-4-14(17)8-15(10)11-5-12-7-16(12)13(6-11)9-18-2/h3-8,18H,9,17H2,1-2H3. The van der Waals surface area contributed by atoms with Crippen molar-refractivity contribution in [2.75, 3.05) is 12.8 Å². The molecule has 2 nitrogen and oxygen atoms in total. The van der Waals surface area contributed by atoms with E-state index in [1.807, 2.05) is 13.1 Å². The summed E-state index contributed by atoms with van der Waals surface area (Å²) in [6, 6.07) is 10.6. The molecule has 3 rings (SSSR count). The van der Waals surface area contributed by atoms with Crippen molar-refractivity contribution in [1.29, 1.82) is 0 Å². The fourth-order valence-electron chi connectivity index (χ4n) is 2.43. The van der Waals surface area contributed by atoms with E-state index in [1.165, 1.54) is 33.4 Å². The smallest absolute Gasteiger partial charge is 0.0320 e.